The predicted molar refractivity (Wildman–Crippen MR) is 64.3 cm³/mol. The van der Waals surface area contributed by atoms with E-state index >= 15 is 0 Å². The van der Waals surface area contributed by atoms with E-state index in [0.717, 1.165) is 0 Å². The van der Waals surface area contributed by atoms with Gasteiger partial charge in [-0.1, -0.05) is 13.8 Å². The van der Waals surface area contributed by atoms with E-state index in [1.165, 1.54) is 12.1 Å². The Balaban J connectivity index is 2.95. The molecule has 0 radical (unpaired) electrons. The lowest BCUT2D eigenvalue weighted by Gasteiger charge is -2.07. The summed E-state index contributed by atoms with van der Waals surface area (Å²) in [5.41, 5.74) is 0.357. The summed E-state index contributed by atoms with van der Waals surface area (Å²) >= 11 is 3.07. The molecule has 0 bridgehead atoms. The van der Waals surface area contributed by atoms with Crippen molar-refractivity contribution in [3.05, 3.63) is 32.8 Å². The number of amides is 1. The quantitative estimate of drug-likeness (QED) is 0.686. The van der Waals surface area contributed by atoms with E-state index in [4.69, 9.17) is 0 Å². The fraction of sp³-hybridized carbons (Fsp3) is 0.300. The lowest BCUT2D eigenvalue weighted by Crippen LogP contribution is -2.17. The number of nitro groups is 1. The lowest BCUT2D eigenvalue weighted by atomic mass is 10.2. The zero-order chi connectivity index (χ0) is 12.3. The van der Waals surface area contributed by atoms with Crippen LogP contribution in [-0.4, -0.2) is 10.8 Å². The van der Waals surface area contributed by atoms with Crippen LogP contribution < -0.4 is 5.32 Å². The number of carbonyl (C=O) groups excluding carboxylic acids is 1. The number of hydrogen-bond acceptors (Lipinski definition) is 3. The number of halogens is 1. The third kappa shape index (κ3) is 3.03. The Morgan fingerprint density at radius 3 is 2.62 bits per heavy atom. The maximum Gasteiger partial charge on any atom is 0.285 e. The summed E-state index contributed by atoms with van der Waals surface area (Å²) in [7, 11) is 0. The van der Waals surface area contributed by atoms with Gasteiger partial charge in [-0.3, -0.25) is 14.9 Å². The van der Waals surface area contributed by atoms with Crippen LogP contribution in [0.25, 0.3) is 0 Å². The van der Waals surface area contributed by atoms with Crippen LogP contribution in [0.3, 0.4) is 0 Å². The normalized spacial score (nSPS) is 10.2. The summed E-state index contributed by atoms with van der Waals surface area (Å²) in [5.74, 6) is -0.334. The van der Waals surface area contributed by atoms with Crippen molar-refractivity contribution in [1.82, 2.24) is 0 Å². The molecule has 86 valence electrons. The highest BCUT2D eigenvalue weighted by molar-refractivity contribution is 9.10. The zero-order valence-electron chi connectivity index (χ0n) is 8.86. The third-order valence-electron chi connectivity index (χ3n) is 1.93. The fourth-order valence-corrected chi connectivity index (χ4v) is 1.41. The van der Waals surface area contributed by atoms with Gasteiger partial charge in [-0.15, -0.1) is 0 Å². The van der Waals surface area contributed by atoms with Gasteiger partial charge in [-0.25, -0.2) is 0 Å². The van der Waals surface area contributed by atoms with E-state index in [1.807, 2.05) is 0 Å². The molecule has 0 saturated heterocycles. The van der Waals surface area contributed by atoms with Gasteiger partial charge in [0.05, 0.1) is 9.40 Å². The van der Waals surface area contributed by atoms with Crippen molar-refractivity contribution in [3.8, 4) is 0 Å². The number of benzene rings is 1. The summed E-state index contributed by atoms with van der Waals surface area (Å²) in [6.07, 6.45) is 0. The van der Waals surface area contributed by atoms with E-state index in [2.05, 4.69) is 21.2 Å². The van der Waals surface area contributed by atoms with Crippen LogP contribution in [0.2, 0.25) is 0 Å². The minimum atomic E-state index is -0.505. The van der Waals surface area contributed by atoms with Gasteiger partial charge in [0.25, 0.3) is 5.69 Å². The predicted octanol–water partition coefficient (Wildman–Crippen LogP) is 2.95. The van der Waals surface area contributed by atoms with Gasteiger partial charge < -0.3 is 5.32 Å². The average molecular weight is 287 g/mol. The second-order valence-electron chi connectivity index (χ2n) is 3.57. The summed E-state index contributed by atoms with van der Waals surface area (Å²) < 4.78 is 0.389. The van der Waals surface area contributed by atoms with E-state index in [-0.39, 0.29) is 17.5 Å². The number of hydrogen-bond donors (Lipinski definition) is 1. The molecule has 0 aliphatic rings. The minimum Gasteiger partial charge on any atom is -0.326 e. The second-order valence-corrected chi connectivity index (χ2v) is 4.42. The molecule has 0 atom stereocenters. The van der Waals surface area contributed by atoms with Gasteiger partial charge in [-0.2, -0.15) is 0 Å². The highest BCUT2D eigenvalue weighted by atomic mass is 79.9. The Labute approximate surface area is 101 Å². The molecule has 1 aromatic rings. The molecule has 0 unspecified atom stereocenters. The molecule has 0 aromatic heterocycles. The number of nitro benzene ring substituents is 1. The molecule has 0 aliphatic heterocycles. The summed E-state index contributed by atoms with van der Waals surface area (Å²) in [6.45, 7) is 3.51. The lowest BCUT2D eigenvalue weighted by molar-refractivity contribution is -0.385. The number of carbonyl (C=O) groups is 1. The maximum atomic E-state index is 11.4. The number of anilines is 1. The van der Waals surface area contributed by atoms with Crippen molar-refractivity contribution in [2.45, 2.75) is 13.8 Å². The van der Waals surface area contributed by atoms with Gasteiger partial charge in [0.15, 0.2) is 0 Å². The van der Waals surface area contributed by atoms with Crippen molar-refractivity contribution in [2.75, 3.05) is 5.32 Å². The smallest absolute Gasteiger partial charge is 0.285 e. The molecular formula is C10H11BrN2O3. The van der Waals surface area contributed by atoms with Crippen molar-refractivity contribution in [1.29, 1.82) is 0 Å². The molecule has 1 aromatic carbocycles. The van der Waals surface area contributed by atoms with Gasteiger partial charge in [-0.05, 0) is 28.1 Å². The standard InChI is InChI=1S/C10H11BrN2O3/c1-6(2)10(14)12-7-3-4-8(11)9(5-7)13(15)16/h3-6H,1-2H3,(H,12,14). The maximum absolute atomic E-state index is 11.4. The molecule has 6 heteroatoms. The van der Waals surface area contributed by atoms with Crippen molar-refractivity contribution >= 4 is 33.2 Å². The number of nitrogens with one attached hydrogen (secondary N) is 1. The molecule has 1 N–H and O–H groups in total. The van der Waals surface area contributed by atoms with E-state index in [0.29, 0.717) is 10.2 Å². The van der Waals surface area contributed by atoms with Gasteiger partial charge in [0.1, 0.15) is 0 Å². The molecular weight excluding hydrogens is 276 g/mol. The number of rotatable bonds is 3. The van der Waals surface area contributed by atoms with Crippen LogP contribution in [0.15, 0.2) is 22.7 Å². The van der Waals surface area contributed by atoms with Crippen LogP contribution in [0.5, 0.6) is 0 Å². The zero-order valence-corrected chi connectivity index (χ0v) is 10.4. The molecule has 0 aliphatic carbocycles. The van der Waals surface area contributed by atoms with E-state index in [9.17, 15) is 14.9 Å². The Morgan fingerprint density at radius 2 is 2.12 bits per heavy atom. The van der Waals surface area contributed by atoms with Gasteiger partial charge in [0, 0.05) is 17.7 Å². The van der Waals surface area contributed by atoms with Crippen molar-refractivity contribution in [2.24, 2.45) is 5.92 Å². The van der Waals surface area contributed by atoms with Crippen molar-refractivity contribution < 1.29 is 9.72 Å². The highest BCUT2D eigenvalue weighted by Gasteiger charge is 2.14. The van der Waals surface area contributed by atoms with Crippen LogP contribution in [0, 0.1) is 16.0 Å². The molecule has 0 fully saturated rings. The van der Waals surface area contributed by atoms with E-state index in [1.54, 1.807) is 19.9 Å². The first-order chi connectivity index (χ1) is 7.41. The first-order valence-electron chi connectivity index (χ1n) is 4.66. The molecule has 16 heavy (non-hydrogen) atoms. The fourth-order valence-electron chi connectivity index (χ4n) is 1.02. The number of nitrogens with zero attached hydrogens (tertiary/aromatic N) is 1. The first-order valence-corrected chi connectivity index (χ1v) is 5.46. The van der Waals surface area contributed by atoms with Crippen LogP contribution in [0.4, 0.5) is 11.4 Å². The third-order valence-corrected chi connectivity index (χ3v) is 2.61. The minimum absolute atomic E-state index is 0.0680. The van der Waals surface area contributed by atoms with Gasteiger partial charge >= 0.3 is 0 Å². The summed E-state index contributed by atoms with van der Waals surface area (Å²) in [5, 5.41) is 13.3. The Morgan fingerprint density at radius 1 is 1.50 bits per heavy atom. The van der Waals surface area contributed by atoms with Crippen LogP contribution in [-0.2, 0) is 4.79 Å². The van der Waals surface area contributed by atoms with Gasteiger partial charge in [0.2, 0.25) is 5.91 Å². The van der Waals surface area contributed by atoms with E-state index < -0.39 is 4.92 Å². The second kappa shape index (κ2) is 5.07. The topological polar surface area (TPSA) is 72.2 Å². The SMILES string of the molecule is CC(C)C(=O)Nc1ccc(Br)c([N+](=O)[O-])c1. The molecule has 0 spiro atoms. The Kier molecular flexibility index (Phi) is 4.00. The summed E-state index contributed by atoms with van der Waals surface area (Å²) in [6, 6.07) is 4.47. The molecule has 0 saturated carbocycles. The highest BCUT2D eigenvalue weighted by Crippen LogP contribution is 2.27. The Bertz CT molecular complexity index is 432. The monoisotopic (exact) mass is 286 g/mol. The van der Waals surface area contributed by atoms with Crippen LogP contribution >= 0.6 is 15.9 Å². The molecule has 1 amide bonds. The van der Waals surface area contributed by atoms with Crippen molar-refractivity contribution in [3.63, 3.8) is 0 Å². The summed E-state index contributed by atoms with van der Waals surface area (Å²) in [4.78, 5) is 21.5. The Hall–Kier alpha value is -1.43. The largest absolute Gasteiger partial charge is 0.326 e. The molecule has 5 nitrogen and oxygen atoms in total. The molecule has 1 rings (SSSR count). The first kappa shape index (κ1) is 12.6. The average Bonchev–Trinajstić information content (AvgIpc) is 2.20. The van der Waals surface area contributed by atoms with Crippen LogP contribution in [0.1, 0.15) is 13.8 Å². The molecule has 0 heterocycles.